The Labute approximate surface area is 126 Å². The standard InChI is InChI=1S/C15H13ClN2O3/c16-12-6-7-14(21-10-15(19)20)11(8-12)9-17-18-13-4-2-1-3-5-13/h1-9,18H,10H2,(H,19,20). The van der Waals surface area contributed by atoms with E-state index in [0.717, 1.165) is 5.69 Å². The van der Waals surface area contributed by atoms with Gasteiger partial charge in [0.05, 0.1) is 11.9 Å². The maximum absolute atomic E-state index is 10.6. The van der Waals surface area contributed by atoms with Gasteiger partial charge in [0.25, 0.3) is 0 Å². The second-order valence-corrected chi connectivity index (χ2v) is 4.54. The summed E-state index contributed by atoms with van der Waals surface area (Å²) in [6.07, 6.45) is 1.52. The summed E-state index contributed by atoms with van der Waals surface area (Å²) in [7, 11) is 0. The number of hydrazone groups is 1. The molecule has 0 bridgehead atoms. The highest BCUT2D eigenvalue weighted by molar-refractivity contribution is 6.30. The average Bonchev–Trinajstić information content (AvgIpc) is 2.47. The quantitative estimate of drug-likeness (QED) is 0.635. The Bertz CT molecular complexity index is 645. The minimum Gasteiger partial charge on any atom is -0.481 e. The normalized spacial score (nSPS) is 10.5. The van der Waals surface area contributed by atoms with E-state index < -0.39 is 12.6 Å². The number of carboxylic acid groups (broad SMARTS) is 1. The zero-order valence-electron chi connectivity index (χ0n) is 11.0. The first-order chi connectivity index (χ1) is 10.1. The first-order valence-corrected chi connectivity index (χ1v) is 6.51. The number of hydrogen-bond donors (Lipinski definition) is 2. The van der Waals surface area contributed by atoms with Crippen LogP contribution in [-0.4, -0.2) is 23.9 Å². The Balaban J connectivity index is 2.10. The van der Waals surface area contributed by atoms with Crippen molar-refractivity contribution in [2.24, 2.45) is 5.10 Å². The molecule has 0 aromatic heterocycles. The maximum atomic E-state index is 10.6. The molecule has 0 aliphatic heterocycles. The van der Waals surface area contributed by atoms with Crippen LogP contribution in [0.2, 0.25) is 5.02 Å². The molecular weight excluding hydrogens is 292 g/mol. The van der Waals surface area contributed by atoms with E-state index in [0.29, 0.717) is 16.3 Å². The van der Waals surface area contributed by atoms with E-state index in [1.54, 1.807) is 18.2 Å². The Morgan fingerprint density at radius 3 is 2.76 bits per heavy atom. The number of carbonyl (C=O) groups is 1. The van der Waals surface area contributed by atoms with E-state index >= 15 is 0 Å². The monoisotopic (exact) mass is 304 g/mol. The molecule has 2 aromatic rings. The Morgan fingerprint density at radius 2 is 2.05 bits per heavy atom. The Hall–Kier alpha value is -2.53. The van der Waals surface area contributed by atoms with Gasteiger partial charge in [-0.15, -0.1) is 0 Å². The fraction of sp³-hybridized carbons (Fsp3) is 0.0667. The Morgan fingerprint density at radius 1 is 1.29 bits per heavy atom. The highest BCUT2D eigenvalue weighted by atomic mass is 35.5. The number of rotatable bonds is 6. The molecule has 2 rings (SSSR count). The fourth-order valence-electron chi connectivity index (χ4n) is 1.58. The molecular formula is C15H13ClN2O3. The van der Waals surface area contributed by atoms with Crippen molar-refractivity contribution in [2.75, 3.05) is 12.0 Å². The largest absolute Gasteiger partial charge is 0.481 e. The number of nitrogens with zero attached hydrogens (tertiary/aromatic N) is 1. The molecule has 0 saturated carbocycles. The summed E-state index contributed by atoms with van der Waals surface area (Å²) in [5, 5.41) is 13.2. The van der Waals surface area contributed by atoms with Crippen LogP contribution >= 0.6 is 11.6 Å². The van der Waals surface area contributed by atoms with Gasteiger partial charge in [0.1, 0.15) is 5.75 Å². The zero-order valence-corrected chi connectivity index (χ0v) is 11.7. The van der Waals surface area contributed by atoms with Crippen molar-refractivity contribution in [3.8, 4) is 5.75 Å². The Kier molecular flexibility index (Phi) is 5.17. The van der Waals surface area contributed by atoms with E-state index in [1.807, 2.05) is 30.3 Å². The second kappa shape index (κ2) is 7.31. The van der Waals surface area contributed by atoms with Crippen molar-refractivity contribution >= 4 is 29.5 Å². The molecule has 6 heteroatoms. The van der Waals surface area contributed by atoms with E-state index in [2.05, 4.69) is 10.5 Å². The molecule has 0 aliphatic rings. The number of benzene rings is 2. The van der Waals surface area contributed by atoms with E-state index in [1.165, 1.54) is 6.21 Å². The van der Waals surface area contributed by atoms with Gasteiger partial charge in [-0.25, -0.2) is 4.79 Å². The third kappa shape index (κ3) is 4.81. The molecule has 0 unspecified atom stereocenters. The van der Waals surface area contributed by atoms with Gasteiger partial charge in [-0.3, -0.25) is 5.43 Å². The summed E-state index contributed by atoms with van der Waals surface area (Å²) in [6.45, 7) is -0.422. The van der Waals surface area contributed by atoms with Crippen molar-refractivity contribution in [1.82, 2.24) is 0 Å². The van der Waals surface area contributed by atoms with Gasteiger partial charge in [0, 0.05) is 10.6 Å². The zero-order chi connectivity index (χ0) is 15.1. The van der Waals surface area contributed by atoms with Crippen molar-refractivity contribution < 1.29 is 14.6 Å². The molecule has 2 N–H and O–H groups in total. The first kappa shape index (κ1) is 14.9. The van der Waals surface area contributed by atoms with Crippen molar-refractivity contribution in [3.05, 3.63) is 59.1 Å². The molecule has 0 fully saturated rings. The smallest absolute Gasteiger partial charge is 0.341 e. The minimum atomic E-state index is -1.05. The number of nitrogens with one attached hydrogen (secondary N) is 1. The molecule has 21 heavy (non-hydrogen) atoms. The van der Waals surface area contributed by atoms with Crippen LogP contribution in [0, 0.1) is 0 Å². The van der Waals surface area contributed by atoms with Gasteiger partial charge in [-0.2, -0.15) is 5.10 Å². The van der Waals surface area contributed by atoms with Crippen LogP contribution < -0.4 is 10.2 Å². The average molecular weight is 305 g/mol. The van der Waals surface area contributed by atoms with Gasteiger partial charge in [-0.05, 0) is 30.3 Å². The predicted molar refractivity (Wildman–Crippen MR) is 82.2 cm³/mol. The number of hydrogen-bond acceptors (Lipinski definition) is 4. The van der Waals surface area contributed by atoms with Crippen LogP contribution in [0.25, 0.3) is 0 Å². The van der Waals surface area contributed by atoms with Crippen LogP contribution in [0.15, 0.2) is 53.6 Å². The summed E-state index contributed by atoms with van der Waals surface area (Å²) >= 11 is 5.92. The summed E-state index contributed by atoms with van der Waals surface area (Å²) in [5.41, 5.74) is 4.29. The van der Waals surface area contributed by atoms with Gasteiger partial charge in [-0.1, -0.05) is 29.8 Å². The molecule has 5 nitrogen and oxygen atoms in total. The molecule has 0 radical (unpaired) electrons. The SMILES string of the molecule is O=C(O)COc1ccc(Cl)cc1C=NNc1ccccc1. The van der Waals surface area contributed by atoms with Crippen molar-refractivity contribution in [3.63, 3.8) is 0 Å². The molecule has 0 amide bonds. The van der Waals surface area contributed by atoms with E-state index in [4.69, 9.17) is 21.4 Å². The molecule has 0 aliphatic carbocycles. The molecule has 0 spiro atoms. The molecule has 0 atom stereocenters. The number of halogens is 1. The number of anilines is 1. The first-order valence-electron chi connectivity index (χ1n) is 6.13. The number of carboxylic acids is 1. The third-order valence-electron chi connectivity index (χ3n) is 2.49. The molecule has 0 heterocycles. The topological polar surface area (TPSA) is 70.9 Å². The van der Waals surface area contributed by atoms with Crippen LogP contribution in [0.4, 0.5) is 5.69 Å². The lowest BCUT2D eigenvalue weighted by Crippen LogP contribution is -2.10. The van der Waals surface area contributed by atoms with Gasteiger partial charge >= 0.3 is 5.97 Å². The van der Waals surface area contributed by atoms with Gasteiger partial charge in [0.15, 0.2) is 6.61 Å². The number of ether oxygens (including phenoxy) is 1. The summed E-state index contributed by atoms with van der Waals surface area (Å²) in [4.78, 5) is 10.6. The van der Waals surface area contributed by atoms with Gasteiger partial charge < -0.3 is 9.84 Å². The maximum Gasteiger partial charge on any atom is 0.341 e. The summed E-state index contributed by atoms with van der Waals surface area (Å²) in [6, 6.07) is 14.3. The van der Waals surface area contributed by atoms with Crippen LogP contribution in [0.3, 0.4) is 0 Å². The number of para-hydroxylation sites is 1. The van der Waals surface area contributed by atoms with Crippen molar-refractivity contribution in [2.45, 2.75) is 0 Å². The molecule has 2 aromatic carbocycles. The molecule has 0 saturated heterocycles. The van der Waals surface area contributed by atoms with E-state index in [-0.39, 0.29) is 0 Å². The summed E-state index contributed by atoms with van der Waals surface area (Å²) < 4.78 is 5.18. The van der Waals surface area contributed by atoms with E-state index in [9.17, 15) is 4.79 Å². The van der Waals surface area contributed by atoms with Crippen LogP contribution in [0.5, 0.6) is 5.75 Å². The molecule has 108 valence electrons. The number of aliphatic carboxylic acids is 1. The predicted octanol–water partition coefficient (Wildman–Crippen LogP) is 3.25. The second-order valence-electron chi connectivity index (χ2n) is 4.10. The lowest BCUT2D eigenvalue weighted by molar-refractivity contribution is -0.139. The minimum absolute atomic E-state index is 0.403. The highest BCUT2D eigenvalue weighted by Crippen LogP contribution is 2.21. The summed E-state index contributed by atoms with van der Waals surface area (Å²) in [5.74, 6) is -0.643. The lowest BCUT2D eigenvalue weighted by Gasteiger charge is -2.07. The van der Waals surface area contributed by atoms with Crippen LogP contribution in [0.1, 0.15) is 5.56 Å². The van der Waals surface area contributed by atoms with Crippen LogP contribution in [-0.2, 0) is 4.79 Å². The van der Waals surface area contributed by atoms with Gasteiger partial charge in [0.2, 0.25) is 0 Å². The lowest BCUT2D eigenvalue weighted by atomic mass is 10.2. The fourth-order valence-corrected chi connectivity index (χ4v) is 1.76. The highest BCUT2D eigenvalue weighted by Gasteiger charge is 2.05. The third-order valence-corrected chi connectivity index (χ3v) is 2.73. The van der Waals surface area contributed by atoms with Crippen molar-refractivity contribution in [1.29, 1.82) is 0 Å².